The lowest BCUT2D eigenvalue weighted by Crippen LogP contribution is -2.44. The van der Waals surface area contributed by atoms with E-state index in [1.54, 1.807) is 26.0 Å². The molecule has 0 unspecified atom stereocenters. The van der Waals surface area contributed by atoms with Gasteiger partial charge in [-0.3, -0.25) is 4.79 Å². The third-order valence-electron chi connectivity index (χ3n) is 6.25. The van der Waals surface area contributed by atoms with E-state index in [0.717, 1.165) is 22.1 Å². The van der Waals surface area contributed by atoms with Crippen LogP contribution in [0, 0.1) is 25.0 Å². The molecule has 40 heavy (non-hydrogen) atoms. The van der Waals surface area contributed by atoms with Gasteiger partial charge in [0, 0.05) is 5.56 Å². The number of rotatable bonds is 11. The lowest BCUT2D eigenvalue weighted by molar-refractivity contribution is -0.140. The van der Waals surface area contributed by atoms with Crippen molar-refractivity contribution in [2.45, 2.75) is 58.3 Å². The Morgan fingerprint density at radius 3 is 2.17 bits per heavy atom. The van der Waals surface area contributed by atoms with Crippen LogP contribution in [0.3, 0.4) is 0 Å². The number of hydrogen-bond donors (Lipinski definition) is 2. The molecular formula is C30H30BrNO7S. The van der Waals surface area contributed by atoms with Gasteiger partial charge >= 0.3 is 5.97 Å². The lowest BCUT2D eigenvalue weighted by Gasteiger charge is -2.18. The summed E-state index contributed by atoms with van der Waals surface area (Å²) in [5.41, 5.74) is 3.11. The van der Waals surface area contributed by atoms with Gasteiger partial charge in [0.05, 0.1) is 16.4 Å². The van der Waals surface area contributed by atoms with Crippen molar-refractivity contribution in [2.75, 3.05) is 0 Å². The average Bonchev–Trinajstić information content (AvgIpc) is 3.23. The zero-order valence-corrected chi connectivity index (χ0v) is 25.1. The van der Waals surface area contributed by atoms with Gasteiger partial charge < -0.3 is 19.0 Å². The number of furan rings is 1. The largest absolute Gasteiger partial charge is 0.488 e. The Morgan fingerprint density at radius 2 is 1.62 bits per heavy atom. The maximum atomic E-state index is 12.7. The Hall–Kier alpha value is -3.52. The first-order valence-corrected chi connectivity index (χ1v) is 14.9. The second-order valence-electron chi connectivity index (χ2n) is 9.93. The fraction of sp³-hybridized carbons (Fsp3) is 0.300. The summed E-state index contributed by atoms with van der Waals surface area (Å²) < 4.78 is 46.2. The molecule has 8 nitrogen and oxygen atoms in total. The highest BCUT2D eigenvalue weighted by atomic mass is 79.9. The van der Waals surface area contributed by atoms with Crippen molar-refractivity contribution >= 4 is 42.9 Å². The fourth-order valence-corrected chi connectivity index (χ4v) is 5.84. The number of nitrogens with one attached hydrogen (secondary N) is 1. The van der Waals surface area contributed by atoms with Gasteiger partial charge in [0.25, 0.3) is 0 Å². The highest BCUT2D eigenvalue weighted by molar-refractivity contribution is 9.10. The number of fused-ring (bicyclic) bond motifs is 1. The summed E-state index contributed by atoms with van der Waals surface area (Å²) in [6.45, 7) is 9.35. The SMILES string of the molecule is Cc1c(COc2ccc(-c3ccc(S(=O)(=O)N[C@@H](C(=O)O)C(C)C)cc3)cc2)oc2c#cc(Br)c(OC(C)C)c12. The molecule has 4 rings (SSSR count). The van der Waals surface area contributed by atoms with Crippen molar-refractivity contribution < 1.29 is 32.2 Å². The molecule has 0 radical (unpaired) electrons. The van der Waals surface area contributed by atoms with Gasteiger partial charge in [-0.05, 0) is 90.1 Å². The molecule has 0 aliphatic carbocycles. The maximum absolute atomic E-state index is 12.7. The fourth-order valence-electron chi connectivity index (χ4n) is 4.11. The van der Waals surface area contributed by atoms with Crippen LogP contribution >= 0.6 is 15.9 Å². The predicted molar refractivity (Wildman–Crippen MR) is 155 cm³/mol. The number of ether oxygens (including phenoxy) is 2. The van der Waals surface area contributed by atoms with Gasteiger partial charge in [0.15, 0.2) is 11.3 Å². The second kappa shape index (κ2) is 11.9. The number of hydrogen-bond acceptors (Lipinski definition) is 6. The van der Waals surface area contributed by atoms with Gasteiger partial charge in [0.1, 0.15) is 28.6 Å². The number of carbonyl (C=O) groups is 1. The minimum absolute atomic E-state index is 0.00636. The molecule has 0 aliphatic heterocycles. The van der Waals surface area contributed by atoms with Crippen LogP contribution in [-0.4, -0.2) is 31.6 Å². The highest BCUT2D eigenvalue weighted by Crippen LogP contribution is 2.37. The molecule has 1 aromatic heterocycles. The van der Waals surface area contributed by atoms with Crippen molar-refractivity contribution in [2.24, 2.45) is 5.92 Å². The molecule has 0 saturated carbocycles. The van der Waals surface area contributed by atoms with Crippen molar-refractivity contribution in [1.29, 1.82) is 0 Å². The first-order valence-electron chi connectivity index (χ1n) is 12.7. The number of aliphatic carboxylic acids is 1. The van der Waals surface area contributed by atoms with E-state index < -0.39 is 28.0 Å². The predicted octanol–water partition coefficient (Wildman–Crippen LogP) is 6.52. The van der Waals surface area contributed by atoms with Crippen molar-refractivity contribution in [1.82, 2.24) is 4.72 Å². The van der Waals surface area contributed by atoms with Gasteiger partial charge in [-0.1, -0.05) is 38.1 Å². The summed E-state index contributed by atoms with van der Waals surface area (Å²) >= 11 is 3.49. The average molecular weight is 629 g/mol. The summed E-state index contributed by atoms with van der Waals surface area (Å²) in [4.78, 5) is 11.4. The van der Waals surface area contributed by atoms with Crippen molar-refractivity contribution in [3.63, 3.8) is 0 Å². The van der Waals surface area contributed by atoms with Crippen LogP contribution in [0.2, 0.25) is 0 Å². The molecule has 1 atom stereocenters. The molecule has 2 N–H and O–H groups in total. The number of halogens is 1. The molecule has 210 valence electrons. The summed E-state index contributed by atoms with van der Waals surface area (Å²) in [6.07, 6.45) is -0.0192. The number of benzene rings is 2. The highest BCUT2D eigenvalue weighted by Gasteiger charge is 2.28. The van der Waals surface area contributed by atoms with E-state index in [9.17, 15) is 18.3 Å². The first kappa shape index (κ1) is 29.5. The molecule has 10 heteroatoms. The van der Waals surface area contributed by atoms with E-state index in [2.05, 4.69) is 32.8 Å². The standard InChI is InChI=1S/C30H30BrNO7S/c1-17(2)28(30(33)34)32-40(35,36)23-12-8-21(9-13-23)20-6-10-22(11-7-20)37-16-26-19(5)27-25(39-26)15-14-24(31)29(27)38-18(3)4/h6-13,17-18,28,32H,16H2,1-5H3,(H,33,34)/t28-/m1/s1. The molecule has 0 fully saturated rings. The van der Waals surface area contributed by atoms with Gasteiger partial charge in [-0.2, -0.15) is 4.72 Å². The molecule has 0 spiro atoms. The molecule has 0 aliphatic rings. The molecule has 0 bridgehead atoms. The second-order valence-corrected chi connectivity index (χ2v) is 12.4. The van der Waals surface area contributed by atoms with E-state index in [1.165, 1.54) is 12.1 Å². The van der Waals surface area contributed by atoms with Crippen molar-refractivity contribution in [3.8, 4) is 22.6 Å². The third-order valence-corrected chi connectivity index (χ3v) is 8.26. The van der Waals surface area contributed by atoms with E-state index >= 15 is 0 Å². The van der Waals surface area contributed by atoms with Crippen LogP contribution in [-0.2, 0) is 21.4 Å². The van der Waals surface area contributed by atoms with E-state index in [1.807, 2.05) is 45.0 Å². The first-order chi connectivity index (χ1) is 18.9. The topological polar surface area (TPSA) is 115 Å². The maximum Gasteiger partial charge on any atom is 0.322 e. The van der Waals surface area contributed by atoms with E-state index in [-0.39, 0.29) is 17.6 Å². The van der Waals surface area contributed by atoms with Crippen LogP contribution in [0.15, 0.2) is 62.3 Å². The molecular weight excluding hydrogens is 598 g/mol. The number of carboxylic acid groups (broad SMARTS) is 1. The van der Waals surface area contributed by atoms with Crippen LogP contribution < -0.4 is 14.2 Å². The monoisotopic (exact) mass is 627 g/mol. The Kier molecular flexibility index (Phi) is 8.78. The Morgan fingerprint density at radius 1 is 1.02 bits per heavy atom. The minimum Gasteiger partial charge on any atom is -0.488 e. The quantitative estimate of drug-likeness (QED) is 0.194. The van der Waals surface area contributed by atoms with Crippen LogP contribution in [0.1, 0.15) is 39.0 Å². The molecule has 1 heterocycles. The summed E-state index contributed by atoms with van der Waals surface area (Å²) in [5, 5.41) is 10.1. The van der Waals surface area contributed by atoms with Crippen LogP contribution in [0.25, 0.3) is 22.1 Å². The molecule has 0 amide bonds. The minimum atomic E-state index is -3.99. The Labute approximate surface area is 242 Å². The van der Waals surface area contributed by atoms with Gasteiger partial charge in [-0.15, -0.1) is 0 Å². The summed E-state index contributed by atoms with van der Waals surface area (Å²) in [5.74, 6) is 0.331. The third kappa shape index (κ3) is 6.44. The van der Waals surface area contributed by atoms with Crippen molar-refractivity contribution in [3.05, 3.63) is 76.5 Å². The molecule has 4 aromatic rings. The normalized spacial score (nSPS) is 12.5. The Bertz CT molecular complexity index is 1610. The summed E-state index contributed by atoms with van der Waals surface area (Å²) in [7, 11) is -3.99. The molecule has 0 saturated heterocycles. The number of carboxylic acids is 1. The number of aryl methyl sites for hydroxylation is 1. The van der Waals surface area contributed by atoms with Gasteiger partial charge in [-0.25, -0.2) is 8.42 Å². The zero-order valence-electron chi connectivity index (χ0n) is 22.7. The van der Waals surface area contributed by atoms with Gasteiger partial charge in [0.2, 0.25) is 10.0 Å². The summed E-state index contributed by atoms with van der Waals surface area (Å²) in [6, 6.07) is 18.4. The van der Waals surface area contributed by atoms with E-state index in [4.69, 9.17) is 13.9 Å². The van der Waals surface area contributed by atoms with E-state index in [0.29, 0.717) is 27.3 Å². The van der Waals surface area contributed by atoms with Crippen LogP contribution in [0.5, 0.6) is 11.5 Å². The lowest BCUT2D eigenvalue weighted by atomic mass is 10.1. The Balaban J connectivity index is 1.46. The van der Waals surface area contributed by atoms with Crippen LogP contribution in [0.4, 0.5) is 0 Å². The zero-order chi connectivity index (χ0) is 29.2. The smallest absolute Gasteiger partial charge is 0.322 e. The molecule has 3 aromatic carbocycles. The number of sulfonamides is 1.